The van der Waals surface area contributed by atoms with Crippen LogP contribution in [0.1, 0.15) is 63.0 Å². The van der Waals surface area contributed by atoms with E-state index < -0.39 is 5.97 Å². The van der Waals surface area contributed by atoms with Gasteiger partial charge in [0.1, 0.15) is 5.49 Å². The second-order valence-corrected chi connectivity index (χ2v) is 10.7. The van der Waals surface area contributed by atoms with E-state index in [0.29, 0.717) is 43.0 Å². The molecule has 0 atom stereocenters. The van der Waals surface area contributed by atoms with Crippen molar-refractivity contribution in [1.82, 2.24) is 24.5 Å². The summed E-state index contributed by atoms with van der Waals surface area (Å²) in [6.07, 6.45) is 0.981. The number of methoxy groups -OCH3 is 2. The maximum atomic E-state index is 14.1. The van der Waals surface area contributed by atoms with Crippen molar-refractivity contribution in [3.8, 4) is 22.8 Å². The number of benzene rings is 2. The third kappa shape index (κ3) is 5.79. The molecule has 44 heavy (non-hydrogen) atoms. The fraction of sp³-hybridized carbons (Fsp3) is 0.375. The highest BCUT2D eigenvalue weighted by Crippen LogP contribution is 2.38. The van der Waals surface area contributed by atoms with Crippen LogP contribution in [0.3, 0.4) is 0 Å². The number of nitrogens with zero attached hydrogens (tertiary/aromatic N) is 5. The Kier molecular flexibility index (Phi) is 8.79. The van der Waals surface area contributed by atoms with Crippen molar-refractivity contribution < 1.29 is 23.8 Å². The summed E-state index contributed by atoms with van der Waals surface area (Å²) in [6.45, 7) is 9.16. The van der Waals surface area contributed by atoms with Crippen molar-refractivity contribution in [1.29, 1.82) is 0 Å². The quantitative estimate of drug-likeness (QED) is 0.213. The first-order valence-electron chi connectivity index (χ1n) is 14.5. The van der Waals surface area contributed by atoms with Crippen LogP contribution in [0.4, 0.5) is 5.69 Å². The van der Waals surface area contributed by atoms with Crippen molar-refractivity contribution in [2.45, 2.75) is 60.0 Å². The van der Waals surface area contributed by atoms with E-state index in [0.717, 1.165) is 39.2 Å². The standard InChI is InChI=1S/C32H36N6O6/c1-7-44-26-15-21-10-12-37-23(22(21)16-25(26)42-5)17-27(33-28-19(3)13-18(2)14-20(28)4)38(32(37)41)11-8-9-24(39)29-30(31(40)43-6)35-36-34-29/h13-17H,7-12H2,1-6H3,(H,34,35,36). The zero-order valence-electron chi connectivity index (χ0n) is 25.8. The number of hydrogen-bond donors (Lipinski definition) is 1. The molecule has 0 spiro atoms. The number of aromatic nitrogens is 5. The summed E-state index contributed by atoms with van der Waals surface area (Å²) in [5.41, 5.74) is 6.56. The molecular weight excluding hydrogens is 564 g/mol. The third-order valence-corrected chi connectivity index (χ3v) is 7.70. The molecular formula is C32H36N6O6. The summed E-state index contributed by atoms with van der Waals surface area (Å²) in [7, 11) is 2.80. The van der Waals surface area contributed by atoms with Gasteiger partial charge in [-0.2, -0.15) is 10.3 Å². The summed E-state index contributed by atoms with van der Waals surface area (Å²) >= 11 is 0. The fourth-order valence-electron chi connectivity index (χ4n) is 5.72. The van der Waals surface area contributed by atoms with E-state index >= 15 is 0 Å². The van der Waals surface area contributed by atoms with E-state index in [1.807, 2.05) is 45.9 Å². The Labute approximate surface area is 254 Å². The molecule has 3 heterocycles. The highest BCUT2D eigenvalue weighted by Gasteiger charge is 2.24. The minimum atomic E-state index is -0.750. The van der Waals surface area contributed by atoms with E-state index in [9.17, 15) is 14.4 Å². The van der Waals surface area contributed by atoms with E-state index in [-0.39, 0.29) is 35.8 Å². The maximum Gasteiger partial charge on any atom is 0.361 e. The second-order valence-electron chi connectivity index (χ2n) is 10.7. The van der Waals surface area contributed by atoms with Gasteiger partial charge in [0.2, 0.25) is 5.69 Å². The van der Waals surface area contributed by atoms with E-state index in [1.165, 1.54) is 7.11 Å². The number of rotatable bonds is 10. The number of aromatic amines is 1. The zero-order chi connectivity index (χ0) is 31.5. The molecule has 0 unspecified atom stereocenters. The van der Waals surface area contributed by atoms with Crippen molar-refractivity contribution >= 4 is 17.4 Å². The molecule has 1 aliphatic rings. The minimum absolute atomic E-state index is 0.0347. The molecule has 12 heteroatoms. The van der Waals surface area contributed by atoms with Crippen LogP contribution in [0.5, 0.6) is 11.5 Å². The third-order valence-electron chi connectivity index (χ3n) is 7.70. The highest BCUT2D eigenvalue weighted by molar-refractivity contribution is 6.03. The summed E-state index contributed by atoms with van der Waals surface area (Å²) in [6, 6.07) is 9.94. The Morgan fingerprint density at radius 3 is 2.41 bits per heavy atom. The number of fused-ring (bicyclic) bond motifs is 3. The first kappa shape index (κ1) is 30.5. The number of ether oxygens (including phenoxy) is 3. The van der Waals surface area contributed by atoms with Gasteiger partial charge in [0, 0.05) is 31.1 Å². The van der Waals surface area contributed by atoms with Gasteiger partial charge in [0.25, 0.3) is 0 Å². The normalized spacial score (nSPS) is 12.5. The molecule has 2 aromatic carbocycles. The lowest BCUT2D eigenvalue weighted by atomic mass is 9.97. The molecule has 0 aliphatic carbocycles. The first-order chi connectivity index (χ1) is 21.2. The van der Waals surface area contributed by atoms with Crippen LogP contribution in [0, 0.1) is 20.8 Å². The van der Waals surface area contributed by atoms with Crippen molar-refractivity contribution in [3.05, 3.63) is 79.9 Å². The number of carbonyl (C=O) groups excluding carboxylic acids is 2. The van der Waals surface area contributed by atoms with Crippen molar-refractivity contribution in [2.24, 2.45) is 4.99 Å². The Morgan fingerprint density at radius 1 is 1.00 bits per heavy atom. The average Bonchev–Trinajstić information content (AvgIpc) is 3.50. The number of nitrogens with one attached hydrogen (secondary N) is 1. The lowest BCUT2D eigenvalue weighted by Crippen LogP contribution is -2.42. The summed E-state index contributed by atoms with van der Waals surface area (Å²) < 4.78 is 19.5. The molecule has 230 valence electrons. The molecule has 0 radical (unpaired) electrons. The molecule has 1 aliphatic heterocycles. The summed E-state index contributed by atoms with van der Waals surface area (Å²) in [4.78, 5) is 44.1. The lowest BCUT2D eigenvalue weighted by molar-refractivity contribution is 0.0590. The number of esters is 1. The van der Waals surface area contributed by atoms with Gasteiger partial charge in [-0.3, -0.25) is 13.9 Å². The largest absolute Gasteiger partial charge is 0.493 e. The lowest BCUT2D eigenvalue weighted by Gasteiger charge is -2.25. The molecule has 1 N–H and O–H groups in total. The Bertz CT molecular complexity index is 1860. The van der Waals surface area contributed by atoms with E-state index in [1.54, 1.807) is 16.2 Å². The van der Waals surface area contributed by atoms with Crippen LogP contribution >= 0.6 is 0 Å². The van der Waals surface area contributed by atoms with Crippen LogP contribution in [0.25, 0.3) is 11.3 Å². The van der Waals surface area contributed by atoms with Gasteiger partial charge in [-0.05, 0) is 69.4 Å². The monoisotopic (exact) mass is 600 g/mol. The van der Waals surface area contributed by atoms with Gasteiger partial charge < -0.3 is 14.2 Å². The predicted octanol–water partition coefficient (Wildman–Crippen LogP) is 4.01. The van der Waals surface area contributed by atoms with Gasteiger partial charge in [-0.1, -0.05) is 17.7 Å². The fourth-order valence-corrected chi connectivity index (χ4v) is 5.72. The van der Waals surface area contributed by atoms with Crippen LogP contribution in [0.2, 0.25) is 0 Å². The van der Waals surface area contributed by atoms with Crippen molar-refractivity contribution in [2.75, 3.05) is 20.8 Å². The SMILES string of the molecule is CCOc1cc2c(cc1OC)-c1cc(=Nc3c(C)cc(C)cc3C)n(CCCC(=O)c3n[nH]nc3C(=O)OC)c(=O)n1CC2. The average molecular weight is 601 g/mol. The zero-order valence-corrected chi connectivity index (χ0v) is 25.8. The van der Waals surface area contributed by atoms with Crippen LogP contribution in [-0.4, -0.2) is 57.1 Å². The number of ketones is 1. The van der Waals surface area contributed by atoms with Crippen LogP contribution in [-0.2, 0) is 24.2 Å². The molecule has 0 fully saturated rings. The van der Waals surface area contributed by atoms with E-state index in [2.05, 4.69) is 27.5 Å². The smallest absolute Gasteiger partial charge is 0.361 e. The molecule has 4 aromatic rings. The summed E-state index contributed by atoms with van der Waals surface area (Å²) in [5.74, 6) is 0.121. The number of H-pyrrole nitrogens is 1. The van der Waals surface area contributed by atoms with Gasteiger partial charge >= 0.3 is 11.7 Å². The van der Waals surface area contributed by atoms with Gasteiger partial charge in [0.15, 0.2) is 23.0 Å². The molecule has 0 saturated heterocycles. The van der Waals surface area contributed by atoms with Gasteiger partial charge in [-0.15, -0.1) is 5.10 Å². The highest BCUT2D eigenvalue weighted by atomic mass is 16.5. The number of aryl methyl sites for hydroxylation is 4. The molecule has 0 amide bonds. The topological polar surface area (TPSA) is 143 Å². The number of carbonyl (C=O) groups is 2. The van der Waals surface area contributed by atoms with Gasteiger partial charge in [-0.25, -0.2) is 14.6 Å². The maximum absolute atomic E-state index is 14.1. The van der Waals surface area contributed by atoms with E-state index in [4.69, 9.17) is 19.2 Å². The Hall–Kier alpha value is -5.00. The summed E-state index contributed by atoms with van der Waals surface area (Å²) in [5, 5.41) is 9.90. The Balaban J connectivity index is 1.60. The van der Waals surface area contributed by atoms with Crippen LogP contribution < -0.4 is 20.7 Å². The molecule has 12 nitrogen and oxygen atoms in total. The van der Waals surface area contributed by atoms with Gasteiger partial charge in [0.05, 0.1) is 32.2 Å². The molecule has 0 saturated carbocycles. The molecule has 2 aromatic heterocycles. The minimum Gasteiger partial charge on any atom is -0.493 e. The molecule has 5 rings (SSSR count). The number of Topliss-reactive ketones (excluding diaryl/α,β-unsaturated/α-hetero) is 1. The van der Waals surface area contributed by atoms with Crippen molar-refractivity contribution in [3.63, 3.8) is 0 Å². The number of hydrogen-bond acceptors (Lipinski definition) is 9. The van der Waals surface area contributed by atoms with Crippen LogP contribution in [0.15, 0.2) is 40.1 Å². The predicted molar refractivity (Wildman–Crippen MR) is 163 cm³/mol. The first-order valence-corrected chi connectivity index (χ1v) is 14.5. The molecule has 0 bridgehead atoms. The Morgan fingerprint density at radius 2 is 1.73 bits per heavy atom. The second kappa shape index (κ2) is 12.7.